The fraction of sp³-hybridized carbons (Fsp3) is 0.409. The maximum Gasteiger partial charge on any atom is 0.416 e. The van der Waals surface area contributed by atoms with Crippen LogP contribution in [0.5, 0.6) is 0 Å². The molecule has 1 atom stereocenters. The summed E-state index contributed by atoms with van der Waals surface area (Å²) in [6, 6.07) is -0.00567. The zero-order valence-electron chi connectivity index (χ0n) is 18.5. The second kappa shape index (κ2) is 8.93. The Morgan fingerprint density at radius 3 is 2.17 bits per heavy atom. The number of hydrogen-bond donors (Lipinski definition) is 0. The molecule has 0 spiro atoms. The molecule has 1 amide bonds. The first-order valence-corrected chi connectivity index (χ1v) is 10.6. The predicted octanol–water partition coefficient (Wildman–Crippen LogP) is 5.49. The molecule has 7 nitrogen and oxygen atoms in total. The zero-order chi connectivity index (χ0) is 25.5. The summed E-state index contributed by atoms with van der Waals surface area (Å²) in [5, 5.41) is 3.80. The average Bonchev–Trinajstić information content (AvgIpc) is 3.52. The summed E-state index contributed by atoms with van der Waals surface area (Å²) in [6.45, 7) is 3.25. The number of alkyl halides is 6. The number of carbonyl (C=O) groups excluding carboxylic acids is 1. The number of aromatic nitrogens is 4. The molecule has 13 heteroatoms. The highest BCUT2D eigenvalue weighted by molar-refractivity contribution is 5.95. The maximum absolute atomic E-state index is 13.4. The van der Waals surface area contributed by atoms with Crippen LogP contribution < -0.4 is 0 Å². The summed E-state index contributed by atoms with van der Waals surface area (Å²) in [6.07, 6.45) is -5.86. The van der Waals surface area contributed by atoms with Crippen molar-refractivity contribution in [2.75, 3.05) is 6.54 Å². The Bertz CT molecular complexity index is 1200. The molecule has 1 aliphatic carbocycles. The van der Waals surface area contributed by atoms with Gasteiger partial charge in [0, 0.05) is 31.4 Å². The van der Waals surface area contributed by atoms with Crippen molar-refractivity contribution in [2.24, 2.45) is 5.92 Å². The highest BCUT2D eigenvalue weighted by Gasteiger charge is 2.39. The minimum atomic E-state index is -5.07. The van der Waals surface area contributed by atoms with E-state index in [2.05, 4.69) is 20.1 Å². The molecule has 1 aliphatic rings. The van der Waals surface area contributed by atoms with Gasteiger partial charge in [-0.05, 0) is 43.9 Å². The van der Waals surface area contributed by atoms with Crippen molar-refractivity contribution in [1.29, 1.82) is 0 Å². The molecule has 2 heterocycles. The highest BCUT2D eigenvalue weighted by atomic mass is 19.4. The van der Waals surface area contributed by atoms with Crippen LogP contribution in [-0.2, 0) is 12.4 Å². The smallest absolute Gasteiger partial charge is 0.339 e. The standard InChI is InChI=1S/C22H19F6N5O2/c1-11(17-18(30-6-5-29-17)19-31-12(2)35-32-19)33(10-13-3-4-13)20(34)14-7-15(21(23,24)25)9-16(8-14)22(26,27)28/h5-9,11,13H,3-4,10H2,1-2H3. The third-order valence-electron chi connectivity index (χ3n) is 5.58. The third kappa shape index (κ3) is 5.43. The van der Waals surface area contributed by atoms with E-state index in [9.17, 15) is 31.1 Å². The number of carbonyl (C=O) groups is 1. The van der Waals surface area contributed by atoms with E-state index in [1.165, 1.54) is 17.3 Å². The Kier molecular flexibility index (Phi) is 6.28. The van der Waals surface area contributed by atoms with Crippen LogP contribution >= 0.6 is 0 Å². The van der Waals surface area contributed by atoms with E-state index in [0.717, 1.165) is 12.8 Å². The van der Waals surface area contributed by atoms with Crippen LogP contribution in [0.1, 0.15) is 58.9 Å². The Balaban J connectivity index is 1.77. The second-order valence-corrected chi connectivity index (χ2v) is 8.30. The number of halogens is 6. The first kappa shape index (κ1) is 24.6. The lowest BCUT2D eigenvalue weighted by Crippen LogP contribution is -2.36. The van der Waals surface area contributed by atoms with Crippen molar-refractivity contribution >= 4 is 5.91 Å². The van der Waals surface area contributed by atoms with Gasteiger partial charge in [0.2, 0.25) is 11.7 Å². The number of amides is 1. The monoisotopic (exact) mass is 499 g/mol. The van der Waals surface area contributed by atoms with Crippen molar-refractivity contribution < 1.29 is 35.7 Å². The van der Waals surface area contributed by atoms with Crippen LogP contribution in [0.3, 0.4) is 0 Å². The summed E-state index contributed by atoms with van der Waals surface area (Å²) in [5.74, 6) is -0.572. The highest BCUT2D eigenvalue weighted by Crippen LogP contribution is 2.38. The molecular formula is C22H19F6N5O2. The lowest BCUT2D eigenvalue weighted by molar-refractivity contribution is -0.143. The molecule has 0 N–H and O–H groups in total. The Morgan fingerprint density at radius 1 is 1.06 bits per heavy atom. The summed E-state index contributed by atoms with van der Waals surface area (Å²) < 4.78 is 85.1. The van der Waals surface area contributed by atoms with E-state index >= 15 is 0 Å². The largest absolute Gasteiger partial charge is 0.416 e. The van der Waals surface area contributed by atoms with Gasteiger partial charge in [0.15, 0.2) is 0 Å². The van der Waals surface area contributed by atoms with Gasteiger partial charge in [0.25, 0.3) is 5.91 Å². The molecule has 1 fully saturated rings. The van der Waals surface area contributed by atoms with E-state index in [1.807, 2.05) is 0 Å². The Morgan fingerprint density at radius 2 is 1.66 bits per heavy atom. The van der Waals surface area contributed by atoms with E-state index in [0.29, 0.717) is 12.1 Å². The Labute approximate surface area is 195 Å². The molecule has 4 rings (SSSR count). The molecule has 0 aliphatic heterocycles. The van der Waals surface area contributed by atoms with Crippen molar-refractivity contribution in [3.05, 3.63) is 58.9 Å². The summed E-state index contributed by atoms with van der Waals surface area (Å²) in [7, 11) is 0. The van der Waals surface area contributed by atoms with Crippen molar-refractivity contribution in [1.82, 2.24) is 25.0 Å². The van der Waals surface area contributed by atoms with Gasteiger partial charge in [-0.3, -0.25) is 9.78 Å². The molecule has 186 valence electrons. The summed E-state index contributed by atoms with van der Waals surface area (Å²) in [5.41, 5.74) is -3.43. The molecule has 2 aromatic heterocycles. The minimum absolute atomic E-state index is 0.00914. The molecule has 0 bridgehead atoms. The van der Waals surface area contributed by atoms with E-state index < -0.39 is 41.0 Å². The molecule has 3 aromatic rings. The summed E-state index contributed by atoms with van der Waals surface area (Å²) >= 11 is 0. The molecule has 0 radical (unpaired) electrons. The van der Waals surface area contributed by atoms with Gasteiger partial charge >= 0.3 is 12.4 Å². The van der Waals surface area contributed by atoms with Crippen LogP contribution in [0.4, 0.5) is 26.3 Å². The lowest BCUT2D eigenvalue weighted by Gasteiger charge is -2.30. The van der Waals surface area contributed by atoms with Gasteiger partial charge < -0.3 is 9.42 Å². The number of hydrogen-bond acceptors (Lipinski definition) is 6. The van der Waals surface area contributed by atoms with Crippen LogP contribution in [0, 0.1) is 12.8 Å². The number of aryl methyl sites for hydroxylation is 1. The molecule has 1 saturated carbocycles. The topological polar surface area (TPSA) is 85.0 Å². The van der Waals surface area contributed by atoms with Gasteiger partial charge in [-0.15, -0.1) is 0 Å². The van der Waals surface area contributed by atoms with Crippen LogP contribution in [-0.4, -0.2) is 37.5 Å². The van der Waals surface area contributed by atoms with Crippen molar-refractivity contribution in [3.8, 4) is 11.5 Å². The van der Waals surface area contributed by atoms with Gasteiger partial charge in [-0.2, -0.15) is 31.3 Å². The normalized spacial score (nSPS) is 15.2. The number of rotatable bonds is 6. The lowest BCUT2D eigenvalue weighted by atomic mass is 10.0. The van der Waals surface area contributed by atoms with Crippen molar-refractivity contribution in [3.63, 3.8) is 0 Å². The number of benzene rings is 1. The summed E-state index contributed by atoms with van der Waals surface area (Å²) in [4.78, 5) is 27.2. The van der Waals surface area contributed by atoms with E-state index in [4.69, 9.17) is 4.52 Å². The Hall–Kier alpha value is -3.51. The SMILES string of the molecule is Cc1nc(-c2nccnc2C(C)N(CC2CC2)C(=O)c2cc(C(F)(F)F)cc(C(F)(F)F)c2)no1. The second-order valence-electron chi connectivity index (χ2n) is 8.30. The van der Waals surface area contributed by atoms with E-state index in [1.54, 1.807) is 13.8 Å². The fourth-order valence-corrected chi connectivity index (χ4v) is 3.61. The molecule has 0 saturated heterocycles. The molecule has 35 heavy (non-hydrogen) atoms. The minimum Gasteiger partial charge on any atom is -0.339 e. The quantitative estimate of drug-likeness (QED) is 0.418. The predicted molar refractivity (Wildman–Crippen MR) is 109 cm³/mol. The first-order valence-electron chi connectivity index (χ1n) is 10.6. The van der Waals surface area contributed by atoms with Gasteiger partial charge in [-0.25, -0.2) is 4.98 Å². The average molecular weight is 499 g/mol. The molecular weight excluding hydrogens is 480 g/mol. The van der Waals surface area contributed by atoms with E-state index in [-0.39, 0.29) is 41.6 Å². The van der Waals surface area contributed by atoms with Gasteiger partial charge in [0.05, 0.1) is 22.9 Å². The number of nitrogens with zero attached hydrogens (tertiary/aromatic N) is 5. The third-order valence-corrected chi connectivity index (χ3v) is 5.58. The zero-order valence-corrected chi connectivity index (χ0v) is 18.5. The maximum atomic E-state index is 13.4. The van der Waals surface area contributed by atoms with Crippen LogP contribution in [0.15, 0.2) is 35.1 Å². The van der Waals surface area contributed by atoms with Crippen LogP contribution in [0.25, 0.3) is 11.5 Å². The van der Waals surface area contributed by atoms with Crippen molar-refractivity contribution in [2.45, 2.75) is 45.1 Å². The first-order chi connectivity index (χ1) is 16.3. The van der Waals surface area contributed by atoms with Gasteiger partial charge in [-0.1, -0.05) is 5.16 Å². The fourth-order valence-electron chi connectivity index (χ4n) is 3.61. The van der Waals surface area contributed by atoms with Crippen LogP contribution in [0.2, 0.25) is 0 Å². The molecule has 1 unspecified atom stereocenters. The molecule has 1 aromatic carbocycles. The van der Waals surface area contributed by atoms with Gasteiger partial charge in [0.1, 0.15) is 5.69 Å².